The van der Waals surface area contributed by atoms with Crippen molar-refractivity contribution in [3.8, 4) is 0 Å². The van der Waals surface area contributed by atoms with Gasteiger partial charge in [0.15, 0.2) is 0 Å². The third-order valence-electron chi connectivity index (χ3n) is 3.97. The van der Waals surface area contributed by atoms with Crippen molar-refractivity contribution in [1.29, 1.82) is 0 Å². The number of nitrogens with one attached hydrogen (secondary N) is 1. The Morgan fingerprint density at radius 1 is 1.09 bits per heavy atom. The van der Waals surface area contributed by atoms with Gasteiger partial charge >= 0.3 is 0 Å². The summed E-state index contributed by atoms with van der Waals surface area (Å²) in [6.45, 7) is 7.97. The van der Waals surface area contributed by atoms with E-state index in [1.165, 1.54) is 0 Å². The summed E-state index contributed by atoms with van der Waals surface area (Å²) in [5.41, 5.74) is 3.50. The number of hydrogen-bond donors (Lipinski definition) is 1. The molecule has 22 heavy (non-hydrogen) atoms. The monoisotopic (exact) mass is 317 g/mol. The van der Waals surface area contributed by atoms with Gasteiger partial charge in [0.2, 0.25) is 0 Å². The second-order valence-electron chi connectivity index (χ2n) is 5.77. The van der Waals surface area contributed by atoms with Gasteiger partial charge in [-0.2, -0.15) is 0 Å². The van der Waals surface area contributed by atoms with Crippen LogP contribution in [0.5, 0.6) is 0 Å². The molecule has 2 aromatic carbocycles. The van der Waals surface area contributed by atoms with Crippen molar-refractivity contribution in [3.63, 3.8) is 0 Å². The fraction of sp³-hybridized carbons (Fsp3) is 0.333. The van der Waals surface area contributed by atoms with Crippen LogP contribution >= 0.6 is 0 Å². The minimum Gasteiger partial charge on any atom is -0.279 e. The van der Waals surface area contributed by atoms with E-state index in [2.05, 4.69) is 18.6 Å². The molecule has 1 N–H and O–H groups in total. The van der Waals surface area contributed by atoms with Gasteiger partial charge in [-0.3, -0.25) is 4.72 Å². The molecule has 0 amide bonds. The van der Waals surface area contributed by atoms with Crippen LogP contribution in [0.15, 0.2) is 47.4 Å². The summed E-state index contributed by atoms with van der Waals surface area (Å²) in [7, 11) is -3.58. The minimum atomic E-state index is -3.58. The van der Waals surface area contributed by atoms with Crippen molar-refractivity contribution in [3.05, 3.63) is 59.2 Å². The predicted molar refractivity (Wildman–Crippen MR) is 91.9 cm³/mol. The first-order chi connectivity index (χ1) is 10.3. The molecule has 2 aromatic rings. The molecule has 0 fully saturated rings. The molecule has 0 aliphatic heterocycles. The van der Waals surface area contributed by atoms with E-state index in [-0.39, 0.29) is 0 Å². The van der Waals surface area contributed by atoms with E-state index in [0.29, 0.717) is 16.5 Å². The largest absolute Gasteiger partial charge is 0.279 e. The first kappa shape index (κ1) is 16.6. The average Bonchev–Trinajstić information content (AvgIpc) is 2.46. The molecule has 1 atom stereocenters. The predicted octanol–water partition coefficient (Wildman–Crippen LogP) is 4.62. The highest BCUT2D eigenvalue weighted by atomic mass is 32.2. The van der Waals surface area contributed by atoms with Crippen molar-refractivity contribution < 1.29 is 8.42 Å². The fourth-order valence-corrected chi connectivity index (χ4v) is 3.86. The number of benzene rings is 2. The zero-order valence-corrected chi connectivity index (χ0v) is 14.4. The number of para-hydroxylation sites is 1. The van der Waals surface area contributed by atoms with Gasteiger partial charge in [-0.05, 0) is 49.4 Å². The molecule has 0 aliphatic carbocycles. The lowest BCUT2D eigenvalue weighted by atomic mass is 9.97. The highest BCUT2D eigenvalue weighted by molar-refractivity contribution is 7.92. The van der Waals surface area contributed by atoms with Crippen LogP contribution in [0.4, 0.5) is 5.69 Å². The van der Waals surface area contributed by atoms with E-state index in [1.807, 2.05) is 50.2 Å². The average molecular weight is 317 g/mol. The molecule has 4 heteroatoms. The summed E-state index contributed by atoms with van der Waals surface area (Å²) < 4.78 is 28.1. The minimum absolute atomic E-state index is 0.304. The molecule has 0 aromatic heterocycles. The van der Waals surface area contributed by atoms with Gasteiger partial charge in [-0.25, -0.2) is 8.42 Å². The van der Waals surface area contributed by atoms with Gasteiger partial charge in [0.1, 0.15) is 0 Å². The molecule has 0 spiro atoms. The number of hydrogen-bond acceptors (Lipinski definition) is 2. The van der Waals surface area contributed by atoms with E-state index in [4.69, 9.17) is 0 Å². The number of sulfonamides is 1. The Kier molecular flexibility index (Phi) is 4.91. The van der Waals surface area contributed by atoms with Crippen LogP contribution < -0.4 is 4.72 Å². The van der Waals surface area contributed by atoms with E-state index in [9.17, 15) is 8.42 Å². The zero-order chi connectivity index (χ0) is 16.3. The Balaban J connectivity index is 2.41. The first-order valence-corrected chi connectivity index (χ1v) is 9.02. The van der Waals surface area contributed by atoms with E-state index < -0.39 is 10.0 Å². The molecule has 0 saturated heterocycles. The second kappa shape index (κ2) is 6.53. The third kappa shape index (κ3) is 3.50. The molecular formula is C18H23NO2S. The summed E-state index contributed by atoms with van der Waals surface area (Å²) in [6.07, 6.45) is 0.961. The molecule has 0 radical (unpaired) electrons. The van der Waals surface area contributed by atoms with Crippen LogP contribution in [0, 0.1) is 13.8 Å². The van der Waals surface area contributed by atoms with Crippen molar-refractivity contribution >= 4 is 15.7 Å². The summed E-state index contributed by atoms with van der Waals surface area (Å²) in [4.78, 5) is 0.331. The maximum atomic E-state index is 12.7. The summed E-state index contributed by atoms with van der Waals surface area (Å²) in [5.74, 6) is 0.304. The Labute approximate surface area is 133 Å². The smallest absolute Gasteiger partial charge is 0.262 e. The SMILES string of the molecule is CCC(C)c1ccccc1NS(=O)(=O)c1ccc(C)cc1C. The molecule has 0 aliphatic rings. The van der Waals surface area contributed by atoms with Crippen molar-refractivity contribution in [1.82, 2.24) is 0 Å². The van der Waals surface area contributed by atoms with Crippen molar-refractivity contribution in [2.45, 2.75) is 44.9 Å². The van der Waals surface area contributed by atoms with Crippen LogP contribution in [0.25, 0.3) is 0 Å². The molecule has 0 heterocycles. The summed E-state index contributed by atoms with van der Waals surface area (Å²) in [5, 5.41) is 0. The highest BCUT2D eigenvalue weighted by Crippen LogP contribution is 2.29. The molecule has 118 valence electrons. The molecule has 0 saturated carbocycles. The standard InChI is InChI=1S/C18H23NO2S/c1-5-14(3)16-8-6-7-9-17(16)19-22(20,21)18-11-10-13(2)12-15(18)4/h6-12,14,19H,5H2,1-4H3. The third-order valence-corrected chi connectivity index (χ3v) is 5.49. The van der Waals surface area contributed by atoms with E-state index in [1.54, 1.807) is 6.07 Å². The van der Waals surface area contributed by atoms with Gasteiger partial charge < -0.3 is 0 Å². The Morgan fingerprint density at radius 3 is 2.41 bits per heavy atom. The molecule has 3 nitrogen and oxygen atoms in total. The number of aryl methyl sites for hydroxylation is 2. The lowest BCUT2D eigenvalue weighted by Crippen LogP contribution is -2.16. The van der Waals surface area contributed by atoms with Gasteiger partial charge in [0.05, 0.1) is 10.6 Å². The van der Waals surface area contributed by atoms with Crippen LogP contribution in [0.3, 0.4) is 0 Å². The Morgan fingerprint density at radius 2 is 1.77 bits per heavy atom. The lowest BCUT2D eigenvalue weighted by molar-refractivity contribution is 0.600. The topological polar surface area (TPSA) is 46.2 Å². The lowest BCUT2D eigenvalue weighted by Gasteiger charge is -2.17. The summed E-state index contributed by atoms with van der Waals surface area (Å²) >= 11 is 0. The van der Waals surface area contributed by atoms with Gasteiger partial charge in [0.25, 0.3) is 10.0 Å². The maximum absolute atomic E-state index is 12.7. The van der Waals surface area contributed by atoms with Crippen molar-refractivity contribution in [2.24, 2.45) is 0 Å². The summed E-state index contributed by atoms with van der Waals surface area (Å²) in [6, 6.07) is 13.0. The first-order valence-electron chi connectivity index (χ1n) is 7.54. The van der Waals surface area contributed by atoms with Crippen LogP contribution in [-0.2, 0) is 10.0 Å². The van der Waals surface area contributed by atoms with E-state index in [0.717, 1.165) is 23.1 Å². The van der Waals surface area contributed by atoms with Crippen LogP contribution in [0.1, 0.15) is 42.9 Å². The quantitative estimate of drug-likeness (QED) is 0.874. The fourth-order valence-electron chi connectivity index (χ4n) is 2.54. The maximum Gasteiger partial charge on any atom is 0.262 e. The molecule has 0 bridgehead atoms. The second-order valence-corrected chi connectivity index (χ2v) is 7.42. The Hall–Kier alpha value is -1.81. The number of anilines is 1. The molecular weight excluding hydrogens is 294 g/mol. The van der Waals surface area contributed by atoms with E-state index >= 15 is 0 Å². The zero-order valence-electron chi connectivity index (χ0n) is 13.6. The van der Waals surface area contributed by atoms with Crippen molar-refractivity contribution in [2.75, 3.05) is 4.72 Å². The van der Waals surface area contributed by atoms with Gasteiger partial charge in [0, 0.05) is 0 Å². The van der Waals surface area contributed by atoms with Gasteiger partial charge in [-0.1, -0.05) is 49.7 Å². The van der Waals surface area contributed by atoms with Gasteiger partial charge in [-0.15, -0.1) is 0 Å². The molecule has 1 unspecified atom stereocenters. The van der Waals surface area contributed by atoms with Crippen LogP contribution in [0.2, 0.25) is 0 Å². The van der Waals surface area contributed by atoms with Crippen LogP contribution in [-0.4, -0.2) is 8.42 Å². The Bertz CT molecular complexity index is 766. The normalized spacial score (nSPS) is 12.9. The molecule has 2 rings (SSSR count). The number of rotatable bonds is 5. The highest BCUT2D eigenvalue weighted by Gasteiger charge is 2.19.